The van der Waals surface area contributed by atoms with Crippen LogP contribution in [0.25, 0.3) is 22.2 Å². The third-order valence-corrected chi connectivity index (χ3v) is 5.47. The van der Waals surface area contributed by atoms with Gasteiger partial charge in [-0.1, -0.05) is 30.3 Å². The molecular formula is C22H23N5. The van der Waals surface area contributed by atoms with Crippen LogP contribution in [-0.2, 0) is 6.42 Å². The molecule has 0 unspecified atom stereocenters. The molecule has 1 aliphatic heterocycles. The molecule has 0 spiro atoms. The predicted octanol–water partition coefficient (Wildman–Crippen LogP) is 3.94. The fraction of sp³-hybridized carbons (Fsp3) is 0.273. The monoisotopic (exact) mass is 357 g/mol. The van der Waals surface area contributed by atoms with Crippen molar-refractivity contribution in [3.63, 3.8) is 0 Å². The second-order valence-electron chi connectivity index (χ2n) is 7.29. The number of rotatable bonds is 4. The molecule has 4 heterocycles. The largest absolute Gasteiger partial charge is 0.346 e. The molecule has 1 aromatic carbocycles. The lowest BCUT2D eigenvalue weighted by Crippen LogP contribution is -2.29. The van der Waals surface area contributed by atoms with Crippen molar-refractivity contribution in [2.24, 2.45) is 0 Å². The van der Waals surface area contributed by atoms with Gasteiger partial charge in [-0.2, -0.15) is 5.10 Å². The van der Waals surface area contributed by atoms with Gasteiger partial charge in [0.1, 0.15) is 5.65 Å². The first kappa shape index (κ1) is 16.3. The van der Waals surface area contributed by atoms with Crippen molar-refractivity contribution in [2.75, 3.05) is 13.1 Å². The number of hydrogen-bond donors (Lipinski definition) is 2. The van der Waals surface area contributed by atoms with Crippen molar-refractivity contribution in [1.29, 1.82) is 0 Å². The van der Waals surface area contributed by atoms with Crippen molar-refractivity contribution in [1.82, 2.24) is 25.1 Å². The number of piperidine rings is 1. The molecule has 5 heteroatoms. The van der Waals surface area contributed by atoms with E-state index in [1.807, 2.05) is 12.4 Å². The predicted molar refractivity (Wildman–Crippen MR) is 108 cm³/mol. The fourth-order valence-corrected chi connectivity index (χ4v) is 3.94. The minimum absolute atomic E-state index is 0.498. The van der Waals surface area contributed by atoms with Crippen molar-refractivity contribution in [3.8, 4) is 11.1 Å². The molecule has 2 N–H and O–H groups in total. The summed E-state index contributed by atoms with van der Waals surface area (Å²) in [6, 6.07) is 13.3. The molecule has 27 heavy (non-hydrogen) atoms. The quantitative estimate of drug-likeness (QED) is 0.582. The maximum absolute atomic E-state index is 4.64. The van der Waals surface area contributed by atoms with Crippen molar-refractivity contribution >= 4 is 11.0 Å². The van der Waals surface area contributed by atoms with Crippen molar-refractivity contribution in [2.45, 2.75) is 25.3 Å². The number of pyridine rings is 1. The number of aromatic amines is 1. The highest BCUT2D eigenvalue weighted by Crippen LogP contribution is 2.27. The lowest BCUT2D eigenvalue weighted by molar-refractivity contribution is 0.343. The average Bonchev–Trinajstić information content (AvgIpc) is 3.37. The fourth-order valence-electron chi connectivity index (χ4n) is 3.94. The third-order valence-electron chi connectivity index (χ3n) is 5.47. The molecule has 5 nitrogen and oxygen atoms in total. The molecule has 0 saturated carbocycles. The number of H-pyrrole nitrogens is 1. The highest BCUT2D eigenvalue weighted by atomic mass is 15.3. The summed E-state index contributed by atoms with van der Waals surface area (Å²) in [7, 11) is 0. The van der Waals surface area contributed by atoms with E-state index in [9.17, 15) is 0 Å². The van der Waals surface area contributed by atoms with Crippen LogP contribution < -0.4 is 5.32 Å². The summed E-state index contributed by atoms with van der Waals surface area (Å²) < 4.78 is 2.13. The van der Waals surface area contributed by atoms with Gasteiger partial charge < -0.3 is 10.3 Å². The third kappa shape index (κ3) is 3.26. The summed E-state index contributed by atoms with van der Waals surface area (Å²) in [5, 5.41) is 9.23. The summed E-state index contributed by atoms with van der Waals surface area (Å²) in [6.45, 7) is 2.14. The molecule has 5 rings (SSSR count). The van der Waals surface area contributed by atoms with Gasteiger partial charge >= 0.3 is 0 Å². The van der Waals surface area contributed by atoms with Gasteiger partial charge in [0.05, 0.1) is 12.2 Å². The lowest BCUT2D eigenvalue weighted by atomic mass is 10.0. The topological polar surface area (TPSA) is 58.5 Å². The van der Waals surface area contributed by atoms with Crippen LogP contribution >= 0.6 is 0 Å². The van der Waals surface area contributed by atoms with Crippen LogP contribution in [0.1, 0.15) is 30.0 Å². The zero-order valence-electron chi connectivity index (χ0n) is 15.2. The van der Waals surface area contributed by atoms with Gasteiger partial charge in [-0.05, 0) is 49.5 Å². The van der Waals surface area contributed by atoms with Crippen molar-refractivity contribution < 1.29 is 0 Å². The standard InChI is InChI=1S/C22H23N5/c1-2-4-16(5-3-1)10-18-13-25-22-21(18)11-17(12-24-22)19-14-26-27(15-19)20-6-8-23-9-7-20/h1-5,11-15,20,23H,6-10H2,(H,24,25). The number of benzene rings is 1. The SMILES string of the molecule is c1ccc(Cc2c[nH]c3ncc(-c4cnn(C5CCNCC5)c4)cc23)cc1. The summed E-state index contributed by atoms with van der Waals surface area (Å²) in [5.74, 6) is 0. The zero-order chi connectivity index (χ0) is 18.1. The van der Waals surface area contributed by atoms with Gasteiger partial charge in [0.2, 0.25) is 0 Å². The molecule has 1 aliphatic rings. The highest BCUT2D eigenvalue weighted by molar-refractivity contribution is 5.84. The molecule has 1 fully saturated rings. The maximum atomic E-state index is 4.64. The molecule has 0 atom stereocenters. The highest BCUT2D eigenvalue weighted by Gasteiger charge is 2.16. The van der Waals surface area contributed by atoms with Crippen molar-refractivity contribution in [3.05, 3.63) is 72.3 Å². The molecule has 3 aromatic heterocycles. The Morgan fingerprint density at radius 2 is 1.89 bits per heavy atom. The number of nitrogens with one attached hydrogen (secondary N) is 2. The van der Waals surface area contributed by atoms with Crippen LogP contribution in [0.3, 0.4) is 0 Å². The number of fused-ring (bicyclic) bond motifs is 1. The minimum Gasteiger partial charge on any atom is -0.346 e. The molecule has 0 aliphatic carbocycles. The van der Waals surface area contributed by atoms with Gasteiger partial charge in [-0.3, -0.25) is 4.68 Å². The Bertz CT molecular complexity index is 1040. The van der Waals surface area contributed by atoms with E-state index in [1.165, 1.54) is 16.5 Å². The molecule has 4 aromatic rings. The van der Waals surface area contributed by atoms with Gasteiger partial charge in [0, 0.05) is 35.1 Å². The summed E-state index contributed by atoms with van der Waals surface area (Å²) in [5.41, 5.74) is 5.78. The van der Waals surface area contributed by atoms with E-state index in [0.29, 0.717) is 6.04 Å². The summed E-state index contributed by atoms with van der Waals surface area (Å²) in [6.07, 6.45) is 11.3. The van der Waals surface area contributed by atoms with Crippen LogP contribution in [0.15, 0.2) is 61.2 Å². The number of hydrogen-bond acceptors (Lipinski definition) is 3. The van der Waals surface area contributed by atoms with Crippen LogP contribution in [0.5, 0.6) is 0 Å². The van der Waals surface area contributed by atoms with E-state index >= 15 is 0 Å². The second-order valence-corrected chi connectivity index (χ2v) is 7.29. The molecular weight excluding hydrogens is 334 g/mol. The van der Waals surface area contributed by atoms with Gasteiger partial charge in [0.15, 0.2) is 0 Å². The smallest absolute Gasteiger partial charge is 0.137 e. The van der Waals surface area contributed by atoms with Gasteiger partial charge in [-0.25, -0.2) is 4.98 Å². The molecule has 0 bridgehead atoms. The van der Waals surface area contributed by atoms with Crippen LogP contribution in [0, 0.1) is 0 Å². The Hall–Kier alpha value is -2.92. The maximum Gasteiger partial charge on any atom is 0.137 e. The van der Waals surface area contributed by atoms with E-state index < -0.39 is 0 Å². The van der Waals surface area contributed by atoms with Crippen LogP contribution in [0.4, 0.5) is 0 Å². The average molecular weight is 357 g/mol. The van der Waals surface area contributed by atoms with Crippen LogP contribution in [-0.4, -0.2) is 32.8 Å². The Morgan fingerprint density at radius 1 is 1.04 bits per heavy atom. The Kier molecular flexibility index (Phi) is 4.22. The van der Waals surface area contributed by atoms with E-state index in [0.717, 1.165) is 49.1 Å². The Balaban J connectivity index is 1.45. The molecule has 0 radical (unpaired) electrons. The number of aromatic nitrogens is 4. The van der Waals surface area contributed by atoms with E-state index in [2.05, 4.69) is 73.9 Å². The first-order chi connectivity index (χ1) is 13.4. The molecule has 0 amide bonds. The normalized spacial score (nSPS) is 15.4. The molecule has 136 valence electrons. The summed E-state index contributed by atoms with van der Waals surface area (Å²) in [4.78, 5) is 7.94. The lowest BCUT2D eigenvalue weighted by Gasteiger charge is -2.22. The Morgan fingerprint density at radius 3 is 2.74 bits per heavy atom. The second kappa shape index (κ2) is 7.00. The van der Waals surface area contributed by atoms with E-state index in [1.54, 1.807) is 0 Å². The van der Waals surface area contributed by atoms with Gasteiger partial charge in [-0.15, -0.1) is 0 Å². The zero-order valence-corrected chi connectivity index (χ0v) is 15.2. The first-order valence-electron chi connectivity index (χ1n) is 9.62. The van der Waals surface area contributed by atoms with E-state index in [4.69, 9.17) is 0 Å². The minimum atomic E-state index is 0.498. The summed E-state index contributed by atoms with van der Waals surface area (Å²) >= 11 is 0. The van der Waals surface area contributed by atoms with Crippen LogP contribution in [0.2, 0.25) is 0 Å². The number of nitrogens with zero attached hydrogens (tertiary/aromatic N) is 3. The van der Waals surface area contributed by atoms with E-state index in [-0.39, 0.29) is 0 Å². The first-order valence-corrected chi connectivity index (χ1v) is 9.62. The molecule has 1 saturated heterocycles. The Labute approximate surface area is 158 Å². The van der Waals surface area contributed by atoms with Gasteiger partial charge in [0.25, 0.3) is 0 Å².